The molecule has 0 aromatic carbocycles. The van der Waals surface area contributed by atoms with Crippen LogP contribution >= 0.6 is 12.2 Å². The molecular formula is C10H19N3S. The van der Waals surface area contributed by atoms with Crippen molar-refractivity contribution in [3.8, 4) is 0 Å². The predicted molar refractivity (Wildman–Crippen MR) is 60.8 cm³/mol. The number of aryl methyl sites for hydroxylation is 2. The fraction of sp³-hybridized carbons (Fsp3) is 0.800. The van der Waals surface area contributed by atoms with Gasteiger partial charge in [-0.05, 0) is 18.6 Å². The van der Waals surface area contributed by atoms with Gasteiger partial charge in [-0.2, -0.15) is 5.10 Å². The van der Waals surface area contributed by atoms with Gasteiger partial charge in [-0.3, -0.25) is 0 Å². The fourth-order valence-corrected chi connectivity index (χ4v) is 1.62. The van der Waals surface area contributed by atoms with Gasteiger partial charge in [0.1, 0.15) is 6.33 Å². The van der Waals surface area contributed by atoms with Crippen LogP contribution in [0.1, 0.15) is 39.0 Å². The summed E-state index contributed by atoms with van der Waals surface area (Å²) in [5.74, 6) is 0. The number of hydrogen-bond acceptors (Lipinski definition) is 2. The first-order valence-corrected chi connectivity index (χ1v) is 5.75. The van der Waals surface area contributed by atoms with Gasteiger partial charge in [-0.25, -0.2) is 4.68 Å². The van der Waals surface area contributed by atoms with E-state index >= 15 is 0 Å². The first-order valence-electron chi connectivity index (χ1n) is 5.34. The maximum absolute atomic E-state index is 5.19. The van der Waals surface area contributed by atoms with Crippen LogP contribution < -0.4 is 0 Å². The van der Waals surface area contributed by atoms with E-state index < -0.39 is 0 Å². The Hall–Kier alpha value is -0.640. The summed E-state index contributed by atoms with van der Waals surface area (Å²) in [5, 5.41) is 4.21. The lowest BCUT2D eigenvalue weighted by Gasteiger charge is -2.00. The van der Waals surface area contributed by atoms with Gasteiger partial charge in [0, 0.05) is 13.6 Å². The quantitative estimate of drug-likeness (QED) is 0.535. The molecular weight excluding hydrogens is 194 g/mol. The Kier molecular flexibility index (Phi) is 4.87. The molecule has 14 heavy (non-hydrogen) atoms. The van der Waals surface area contributed by atoms with Gasteiger partial charge in [-0.15, -0.1) is 0 Å². The second kappa shape index (κ2) is 5.96. The molecule has 1 aromatic rings. The van der Waals surface area contributed by atoms with E-state index in [1.165, 1.54) is 32.1 Å². The third-order valence-electron chi connectivity index (χ3n) is 2.36. The lowest BCUT2D eigenvalue weighted by atomic mass is 10.1. The summed E-state index contributed by atoms with van der Waals surface area (Å²) < 4.78 is 4.60. The summed E-state index contributed by atoms with van der Waals surface area (Å²) in [5.41, 5.74) is 0. The highest BCUT2D eigenvalue weighted by Crippen LogP contribution is 2.04. The Morgan fingerprint density at radius 3 is 2.57 bits per heavy atom. The molecule has 0 saturated carbocycles. The van der Waals surface area contributed by atoms with Crippen molar-refractivity contribution in [1.29, 1.82) is 0 Å². The van der Waals surface area contributed by atoms with Crippen molar-refractivity contribution in [3.63, 3.8) is 0 Å². The smallest absolute Gasteiger partial charge is 0.197 e. The van der Waals surface area contributed by atoms with Crippen molar-refractivity contribution in [2.24, 2.45) is 7.05 Å². The Labute approximate surface area is 90.7 Å². The van der Waals surface area contributed by atoms with E-state index in [2.05, 4.69) is 12.0 Å². The highest BCUT2D eigenvalue weighted by atomic mass is 32.1. The molecule has 0 radical (unpaired) electrons. The lowest BCUT2D eigenvalue weighted by Crippen LogP contribution is -2.01. The summed E-state index contributed by atoms with van der Waals surface area (Å²) in [6.45, 7) is 3.19. The van der Waals surface area contributed by atoms with Crippen LogP contribution in [0.15, 0.2) is 6.33 Å². The Balaban J connectivity index is 2.25. The van der Waals surface area contributed by atoms with E-state index in [4.69, 9.17) is 12.2 Å². The van der Waals surface area contributed by atoms with Crippen molar-refractivity contribution in [3.05, 3.63) is 11.1 Å². The van der Waals surface area contributed by atoms with Gasteiger partial charge < -0.3 is 4.57 Å². The second-order valence-electron chi connectivity index (χ2n) is 3.66. The summed E-state index contributed by atoms with van der Waals surface area (Å²) in [6.07, 6.45) is 8.21. The van der Waals surface area contributed by atoms with E-state index in [9.17, 15) is 0 Å². The molecule has 4 heteroatoms. The summed E-state index contributed by atoms with van der Waals surface area (Å²) in [6, 6.07) is 0. The van der Waals surface area contributed by atoms with E-state index in [-0.39, 0.29) is 0 Å². The topological polar surface area (TPSA) is 22.8 Å². The van der Waals surface area contributed by atoms with Gasteiger partial charge >= 0.3 is 0 Å². The van der Waals surface area contributed by atoms with E-state index in [1.54, 1.807) is 6.33 Å². The number of aromatic nitrogens is 3. The van der Waals surface area contributed by atoms with Crippen LogP contribution in [0.3, 0.4) is 0 Å². The molecule has 0 bridgehead atoms. The summed E-state index contributed by atoms with van der Waals surface area (Å²) in [4.78, 5) is 0. The molecule has 0 aliphatic heterocycles. The Morgan fingerprint density at radius 1 is 1.29 bits per heavy atom. The minimum Gasteiger partial charge on any atom is -0.310 e. The molecule has 0 fully saturated rings. The molecule has 0 atom stereocenters. The van der Waals surface area contributed by atoms with Gasteiger partial charge in [-0.1, -0.05) is 32.6 Å². The molecule has 0 aliphatic rings. The van der Waals surface area contributed by atoms with E-state index in [0.29, 0.717) is 0 Å². The highest BCUT2D eigenvalue weighted by molar-refractivity contribution is 7.71. The molecule has 1 rings (SSSR count). The highest BCUT2D eigenvalue weighted by Gasteiger charge is 1.96. The van der Waals surface area contributed by atoms with E-state index in [1.807, 2.05) is 16.3 Å². The fourth-order valence-electron chi connectivity index (χ4n) is 1.44. The molecule has 80 valence electrons. The van der Waals surface area contributed by atoms with Gasteiger partial charge in [0.2, 0.25) is 0 Å². The molecule has 1 aromatic heterocycles. The Morgan fingerprint density at radius 2 is 2.00 bits per heavy atom. The third kappa shape index (κ3) is 3.25. The molecule has 0 unspecified atom stereocenters. The third-order valence-corrected chi connectivity index (χ3v) is 2.86. The largest absolute Gasteiger partial charge is 0.310 e. The zero-order valence-corrected chi connectivity index (χ0v) is 9.89. The minimum absolute atomic E-state index is 0.820. The normalized spacial score (nSPS) is 10.7. The van der Waals surface area contributed by atoms with Crippen LogP contribution in [-0.4, -0.2) is 14.3 Å². The first kappa shape index (κ1) is 11.4. The van der Waals surface area contributed by atoms with Gasteiger partial charge in [0.15, 0.2) is 4.77 Å². The SMILES string of the molecule is CCCCCCCn1ncn(C)c1=S. The van der Waals surface area contributed by atoms with E-state index in [0.717, 1.165) is 11.3 Å². The lowest BCUT2D eigenvalue weighted by molar-refractivity contribution is 0.525. The Bertz CT molecular complexity index is 313. The average molecular weight is 213 g/mol. The maximum Gasteiger partial charge on any atom is 0.197 e. The monoisotopic (exact) mass is 213 g/mol. The zero-order valence-electron chi connectivity index (χ0n) is 9.07. The molecule has 3 nitrogen and oxygen atoms in total. The van der Waals surface area contributed by atoms with Crippen LogP contribution in [-0.2, 0) is 13.6 Å². The van der Waals surface area contributed by atoms with Crippen LogP contribution in [0.5, 0.6) is 0 Å². The van der Waals surface area contributed by atoms with Gasteiger partial charge in [0.05, 0.1) is 0 Å². The standard InChI is InChI=1S/C10H19N3S/c1-3-4-5-6-7-8-13-10(14)12(2)9-11-13/h9H,3-8H2,1-2H3. The van der Waals surface area contributed by atoms with Crippen molar-refractivity contribution >= 4 is 12.2 Å². The average Bonchev–Trinajstić information content (AvgIpc) is 2.49. The van der Waals surface area contributed by atoms with Crippen molar-refractivity contribution in [1.82, 2.24) is 14.3 Å². The summed E-state index contributed by atoms with van der Waals surface area (Å²) in [7, 11) is 1.93. The molecule has 0 aliphatic carbocycles. The summed E-state index contributed by atoms with van der Waals surface area (Å²) >= 11 is 5.19. The predicted octanol–water partition coefficient (Wildman–Crippen LogP) is 2.92. The number of hydrogen-bond donors (Lipinski definition) is 0. The molecule has 1 heterocycles. The van der Waals surface area contributed by atoms with Crippen LogP contribution in [0.25, 0.3) is 0 Å². The number of rotatable bonds is 6. The second-order valence-corrected chi connectivity index (χ2v) is 4.03. The number of unbranched alkanes of at least 4 members (excludes halogenated alkanes) is 4. The first-order chi connectivity index (χ1) is 6.75. The van der Waals surface area contributed by atoms with Gasteiger partial charge in [0.25, 0.3) is 0 Å². The maximum atomic E-state index is 5.19. The molecule has 0 saturated heterocycles. The number of nitrogens with zero attached hydrogens (tertiary/aromatic N) is 3. The molecule has 0 N–H and O–H groups in total. The van der Waals surface area contributed by atoms with Crippen molar-refractivity contribution < 1.29 is 0 Å². The van der Waals surface area contributed by atoms with Crippen molar-refractivity contribution in [2.45, 2.75) is 45.6 Å². The van der Waals surface area contributed by atoms with Crippen LogP contribution in [0.4, 0.5) is 0 Å². The zero-order chi connectivity index (χ0) is 10.4. The van der Waals surface area contributed by atoms with Crippen molar-refractivity contribution in [2.75, 3.05) is 0 Å². The molecule has 0 amide bonds. The minimum atomic E-state index is 0.820. The molecule has 0 spiro atoms. The van der Waals surface area contributed by atoms with Crippen LogP contribution in [0.2, 0.25) is 0 Å². The van der Waals surface area contributed by atoms with Crippen LogP contribution in [0, 0.1) is 4.77 Å².